The molecule has 0 bridgehead atoms. The summed E-state index contributed by atoms with van der Waals surface area (Å²) in [5.41, 5.74) is 2.21. The summed E-state index contributed by atoms with van der Waals surface area (Å²) in [6.45, 7) is 5.66. The van der Waals surface area contributed by atoms with Gasteiger partial charge in [-0.3, -0.25) is 15.0 Å². The summed E-state index contributed by atoms with van der Waals surface area (Å²) in [6, 6.07) is 9.70. The van der Waals surface area contributed by atoms with Crippen LogP contribution in [0, 0.1) is 5.92 Å². The Morgan fingerprint density at radius 1 is 1.36 bits per heavy atom. The van der Waals surface area contributed by atoms with Gasteiger partial charge in [0.15, 0.2) is 10.9 Å². The Labute approximate surface area is 150 Å². The van der Waals surface area contributed by atoms with Gasteiger partial charge < -0.3 is 4.42 Å². The molecule has 130 valence electrons. The van der Waals surface area contributed by atoms with Crippen LogP contribution in [0.4, 0.5) is 5.13 Å². The first-order chi connectivity index (χ1) is 12.2. The van der Waals surface area contributed by atoms with Gasteiger partial charge in [-0.25, -0.2) is 4.98 Å². The van der Waals surface area contributed by atoms with E-state index in [9.17, 15) is 4.79 Å². The van der Waals surface area contributed by atoms with Gasteiger partial charge in [0.2, 0.25) is 0 Å². The van der Waals surface area contributed by atoms with Crippen molar-refractivity contribution in [3.8, 4) is 0 Å². The molecule has 3 heterocycles. The fourth-order valence-electron chi connectivity index (χ4n) is 3.17. The largest absolute Gasteiger partial charge is 0.459 e. The molecule has 3 aromatic rings. The standard InChI is InChI=1S/C19H21N3O2S/c1-13-6-8-22(9-7-13)12-14-4-5-15-17(11-14)25-19(20-15)21-18(23)16-3-2-10-24-16/h2-5,10-11,13H,6-9,12H2,1H3,(H,20,21,23). The van der Waals surface area contributed by atoms with E-state index in [1.54, 1.807) is 12.1 Å². The summed E-state index contributed by atoms with van der Waals surface area (Å²) in [4.78, 5) is 19.1. The number of hydrogen-bond acceptors (Lipinski definition) is 5. The summed E-state index contributed by atoms with van der Waals surface area (Å²) in [5, 5.41) is 3.40. The lowest BCUT2D eigenvalue weighted by Gasteiger charge is -2.30. The Kier molecular flexibility index (Phi) is 4.55. The lowest BCUT2D eigenvalue weighted by atomic mass is 9.99. The van der Waals surface area contributed by atoms with Crippen molar-refractivity contribution in [3.05, 3.63) is 47.9 Å². The van der Waals surface area contributed by atoms with E-state index in [4.69, 9.17) is 4.42 Å². The number of likely N-dealkylation sites (tertiary alicyclic amines) is 1. The van der Waals surface area contributed by atoms with Gasteiger partial charge >= 0.3 is 0 Å². The molecule has 5 nitrogen and oxygen atoms in total. The van der Waals surface area contributed by atoms with Crippen LogP contribution in [0.1, 0.15) is 35.9 Å². The fraction of sp³-hybridized carbons (Fsp3) is 0.368. The Bertz CT molecular complexity index is 864. The van der Waals surface area contributed by atoms with Crippen molar-refractivity contribution in [3.63, 3.8) is 0 Å². The molecule has 0 unspecified atom stereocenters. The van der Waals surface area contributed by atoms with Crippen molar-refractivity contribution in [1.82, 2.24) is 9.88 Å². The minimum Gasteiger partial charge on any atom is -0.459 e. The zero-order chi connectivity index (χ0) is 17.2. The number of rotatable bonds is 4. The predicted molar refractivity (Wildman–Crippen MR) is 100.0 cm³/mol. The van der Waals surface area contributed by atoms with Crippen LogP contribution in [0.5, 0.6) is 0 Å². The van der Waals surface area contributed by atoms with Gasteiger partial charge in [-0.15, -0.1) is 0 Å². The molecule has 0 aliphatic carbocycles. The van der Waals surface area contributed by atoms with Crippen molar-refractivity contribution in [2.45, 2.75) is 26.3 Å². The Morgan fingerprint density at radius 2 is 2.20 bits per heavy atom. The van der Waals surface area contributed by atoms with Crippen LogP contribution in [0.15, 0.2) is 41.0 Å². The molecule has 1 aromatic carbocycles. The van der Waals surface area contributed by atoms with Crippen molar-refractivity contribution in [2.75, 3.05) is 18.4 Å². The normalized spacial score (nSPS) is 16.4. The van der Waals surface area contributed by atoms with E-state index in [-0.39, 0.29) is 5.91 Å². The third kappa shape index (κ3) is 3.75. The molecule has 4 rings (SSSR count). The molecular formula is C19H21N3O2S. The molecule has 2 aromatic heterocycles. The van der Waals surface area contributed by atoms with E-state index in [0.717, 1.165) is 22.7 Å². The molecule has 1 N–H and O–H groups in total. The van der Waals surface area contributed by atoms with Crippen LogP contribution < -0.4 is 5.32 Å². The summed E-state index contributed by atoms with van der Waals surface area (Å²) < 4.78 is 6.21. The van der Waals surface area contributed by atoms with Gasteiger partial charge in [0, 0.05) is 6.54 Å². The molecule has 0 spiro atoms. The average Bonchev–Trinajstić information content (AvgIpc) is 3.26. The molecule has 1 aliphatic rings. The van der Waals surface area contributed by atoms with Crippen molar-refractivity contribution < 1.29 is 9.21 Å². The average molecular weight is 355 g/mol. The van der Waals surface area contributed by atoms with Gasteiger partial charge in [0.05, 0.1) is 16.5 Å². The number of carbonyl (C=O) groups excluding carboxylic acids is 1. The predicted octanol–water partition coefficient (Wildman–Crippen LogP) is 4.37. The second-order valence-electron chi connectivity index (χ2n) is 6.71. The quantitative estimate of drug-likeness (QED) is 0.755. The second-order valence-corrected chi connectivity index (χ2v) is 7.74. The van der Waals surface area contributed by atoms with E-state index < -0.39 is 0 Å². The van der Waals surface area contributed by atoms with E-state index in [0.29, 0.717) is 10.9 Å². The highest BCUT2D eigenvalue weighted by Crippen LogP contribution is 2.28. The van der Waals surface area contributed by atoms with Crippen molar-refractivity contribution >= 4 is 32.6 Å². The van der Waals surface area contributed by atoms with Crippen LogP contribution in [0.3, 0.4) is 0 Å². The molecule has 1 fully saturated rings. The zero-order valence-electron chi connectivity index (χ0n) is 14.2. The maximum absolute atomic E-state index is 12.1. The summed E-state index contributed by atoms with van der Waals surface area (Å²) in [7, 11) is 0. The number of thiazole rings is 1. The summed E-state index contributed by atoms with van der Waals surface area (Å²) in [5.74, 6) is 0.867. The monoisotopic (exact) mass is 355 g/mol. The Balaban J connectivity index is 1.46. The van der Waals surface area contributed by atoms with Gasteiger partial charge in [-0.05, 0) is 61.7 Å². The minimum atomic E-state index is -0.272. The number of furan rings is 1. The lowest BCUT2D eigenvalue weighted by molar-refractivity contribution is 0.0996. The number of amides is 1. The number of anilines is 1. The van der Waals surface area contributed by atoms with E-state index in [1.165, 1.54) is 49.1 Å². The molecule has 0 radical (unpaired) electrons. The lowest BCUT2D eigenvalue weighted by Crippen LogP contribution is -2.32. The maximum atomic E-state index is 12.1. The summed E-state index contributed by atoms with van der Waals surface area (Å²) in [6.07, 6.45) is 4.05. The van der Waals surface area contributed by atoms with Crippen LogP contribution in [0.2, 0.25) is 0 Å². The number of aromatic nitrogens is 1. The van der Waals surface area contributed by atoms with Crippen LogP contribution in [0.25, 0.3) is 10.2 Å². The van der Waals surface area contributed by atoms with E-state index in [2.05, 4.69) is 34.3 Å². The Hall–Kier alpha value is -2.18. The number of nitrogens with zero attached hydrogens (tertiary/aromatic N) is 2. The number of carbonyl (C=O) groups is 1. The first kappa shape index (κ1) is 16.3. The van der Waals surface area contributed by atoms with Crippen LogP contribution in [-0.4, -0.2) is 28.9 Å². The molecule has 1 saturated heterocycles. The van der Waals surface area contributed by atoms with E-state index in [1.807, 2.05) is 6.07 Å². The molecule has 6 heteroatoms. The van der Waals surface area contributed by atoms with Gasteiger partial charge in [0.1, 0.15) is 0 Å². The third-order valence-corrected chi connectivity index (χ3v) is 5.63. The fourth-order valence-corrected chi connectivity index (χ4v) is 4.09. The van der Waals surface area contributed by atoms with Gasteiger partial charge in [-0.2, -0.15) is 0 Å². The van der Waals surface area contributed by atoms with Crippen LogP contribution in [-0.2, 0) is 6.54 Å². The highest BCUT2D eigenvalue weighted by molar-refractivity contribution is 7.22. The molecule has 25 heavy (non-hydrogen) atoms. The SMILES string of the molecule is CC1CCN(Cc2ccc3nc(NC(=O)c4ccco4)sc3c2)CC1. The third-order valence-electron chi connectivity index (χ3n) is 4.70. The number of hydrogen-bond donors (Lipinski definition) is 1. The summed E-state index contributed by atoms with van der Waals surface area (Å²) >= 11 is 1.50. The van der Waals surface area contributed by atoms with Gasteiger partial charge in [0.25, 0.3) is 5.91 Å². The molecule has 0 atom stereocenters. The second kappa shape index (κ2) is 6.98. The van der Waals surface area contributed by atoms with Crippen molar-refractivity contribution in [2.24, 2.45) is 5.92 Å². The van der Waals surface area contributed by atoms with Crippen LogP contribution >= 0.6 is 11.3 Å². The topological polar surface area (TPSA) is 58.4 Å². The smallest absolute Gasteiger partial charge is 0.293 e. The highest BCUT2D eigenvalue weighted by Gasteiger charge is 2.16. The number of piperidine rings is 1. The molecular weight excluding hydrogens is 334 g/mol. The first-order valence-corrected chi connectivity index (χ1v) is 9.46. The molecule has 0 saturated carbocycles. The molecule has 1 aliphatic heterocycles. The maximum Gasteiger partial charge on any atom is 0.293 e. The van der Waals surface area contributed by atoms with Crippen molar-refractivity contribution in [1.29, 1.82) is 0 Å². The number of nitrogens with one attached hydrogen (secondary N) is 1. The van der Waals surface area contributed by atoms with E-state index >= 15 is 0 Å². The zero-order valence-corrected chi connectivity index (χ0v) is 15.0. The number of fused-ring (bicyclic) bond motifs is 1. The number of benzene rings is 1. The van der Waals surface area contributed by atoms with Gasteiger partial charge in [-0.1, -0.05) is 24.3 Å². The minimum absolute atomic E-state index is 0.272. The Morgan fingerprint density at radius 3 is 2.96 bits per heavy atom. The highest BCUT2D eigenvalue weighted by atomic mass is 32.1. The first-order valence-electron chi connectivity index (χ1n) is 8.64. The molecule has 1 amide bonds.